The quantitative estimate of drug-likeness (QED) is 0.363. The van der Waals surface area contributed by atoms with Crippen molar-refractivity contribution in [3.63, 3.8) is 0 Å². The average Bonchev–Trinajstić information content (AvgIpc) is 3.22. The first kappa shape index (κ1) is 24.3. The van der Waals surface area contributed by atoms with Crippen LogP contribution in [0, 0.1) is 0 Å². The van der Waals surface area contributed by atoms with Gasteiger partial charge in [-0.2, -0.15) is 0 Å². The summed E-state index contributed by atoms with van der Waals surface area (Å²) in [6.07, 6.45) is 0. The molecule has 2 aromatic carbocycles. The highest BCUT2D eigenvalue weighted by atomic mass is 32.1. The number of anilines is 1. The minimum absolute atomic E-state index is 0.164. The van der Waals surface area contributed by atoms with Gasteiger partial charge in [-0.25, -0.2) is 4.79 Å². The van der Waals surface area contributed by atoms with E-state index >= 15 is 0 Å². The molecule has 0 aliphatic carbocycles. The zero-order valence-corrected chi connectivity index (χ0v) is 20.2. The predicted octanol–water partition coefficient (Wildman–Crippen LogP) is 6.13. The molecular formula is C26H29NO5S. The van der Waals surface area contributed by atoms with Crippen LogP contribution in [0.2, 0.25) is 0 Å². The summed E-state index contributed by atoms with van der Waals surface area (Å²) >= 11 is 1.28. The first-order valence-corrected chi connectivity index (χ1v) is 11.9. The number of para-hydroxylation sites is 1. The van der Waals surface area contributed by atoms with Crippen LogP contribution < -0.4 is 14.8 Å². The van der Waals surface area contributed by atoms with Crippen molar-refractivity contribution >= 4 is 28.2 Å². The molecule has 0 spiro atoms. The van der Waals surface area contributed by atoms with Gasteiger partial charge in [-0.15, -0.1) is 11.3 Å². The highest BCUT2D eigenvalue weighted by Gasteiger charge is 2.23. The van der Waals surface area contributed by atoms with Crippen LogP contribution in [0.15, 0.2) is 53.9 Å². The number of ether oxygens (including phenoxy) is 3. The summed E-state index contributed by atoms with van der Waals surface area (Å²) in [7, 11) is 0. The van der Waals surface area contributed by atoms with Crippen LogP contribution in [0.1, 0.15) is 49.5 Å². The van der Waals surface area contributed by atoms with E-state index in [0.29, 0.717) is 28.5 Å². The van der Waals surface area contributed by atoms with Crippen LogP contribution in [0.5, 0.6) is 11.5 Å². The van der Waals surface area contributed by atoms with Gasteiger partial charge in [-0.1, -0.05) is 44.2 Å². The predicted molar refractivity (Wildman–Crippen MR) is 132 cm³/mol. The highest BCUT2D eigenvalue weighted by Crippen LogP contribution is 2.37. The number of esters is 1. The van der Waals surface area contributed by atoms with Crippen molar-refractivity contribution in [3.8, 4) is 22.6 Å². The number of amides is 1. The van der Waals surface area contributed by atoms with Crippen molar-refractivity contribution in [2.75, 3.05) is 25.1 Å². The van der Waals surface area contributed by atoms with Crippen LogP contribution in [-0.4, -0.2) is 31.7 Å². The fraction of sp³-hybridized carbons (Fsp3) is 0.308. The lowest BCUT2D eigenvalue weighted by Crippen LogP contribution is -2.21. The Morgan fingerprint density at radius 3 is 2.36 bits per heavy atom. The van der Waals surface area contributed by atoms with E-state index < -0.39 is 5.97 Å². The molecule has 0 radical (unpaired) electrons. The molecule has 0 atom stereocenters. The van der Waals surface area contributed by atoms with Gasteiger partial charge in [0.25, 0.3) is 5.91 Å². The van der Waals surface area contributed by atoms with Gasteiger partial charge in [0.15, 0.2) is 6.61 Å². The van der Waals surface area contributed by atoms with E-state index in [9.17, 15) is 9.59 Å². The van der Waals surface area contributed by atoms with Crippen LogP contribution in [-0.2, 0) is 9.53 Å². The summed E-state index contributed by atoms with van der Waals surface area (Å²) < 4.78 is 16.5. The van der Waals surface area contributed by atoms with E-state index in [-0.39, 0.29) is 25.0 Å². The Balaban J connectivity index is 1.79. The number of carbonyl (C=O) groups excluding carboxylic acids is 2. The van der Waals surface area contributed by atoms with Crippen LogP contribution in [0.4, 0.5) is 5.00 Å². The number of thiophene rings is 1. The monoisotopic (exact) mass is 467 g/mol. The standard InChI is InChI=1S/C26H29NO5S/c1-5-30-19-13-11-18(12-14-19)21-16-33-25(24(21)26(29)31-6-2)27-23(28)15-32-22-10-8-7-9-20(22)17(3)4/h7-14,16-17H,5-6,15H2,1-4H3,(H,27,28). The molecule has 0 bridgehead atoms. The first-order chi connectivity index (χ1) is 15.9. The van der Waals surface area contributed by atoms with Crippen LogP contribution in [0.3, 0.4) is 0 Å². The molecule has 1 aromatic heterocycles. The highest BCUT2D eigenvalue weighted by molar-refractivity contribution is 7.15. The maximum Gasteiger partial charge on any atom is 0.341 e. The molecule has 0 aliphatic heterocycles. The molecule has 1 N–H and O–H groups in total. The molecule has 7 heteroatoms. The largest absolute Gasteiger partial charge is 0.494 e. The van der Waals surface area contributed by atoms with E-state index in [4.69, 9.17) is 14.2 Å². The normalized spacial score (nSPS) is 10.7. The minimum Gasteiger partial charge on any atom is -0.494 e. The summed E-state index contributed by atoms with van der Waals surface area (Å²) in [6.45, 7) is 8.46. The van der Waals surface area contributed by atoms with Gasteiger partial charge in [-0.3, -0.25) is 4.79 Å². The second-order valence-electron chi connectivity index (χ2n) is 7.56. The Morgan fingerprint density at radius 2 is 1.70 bits per heavy atom. The van der Waals surface area contributed by atoms with Gasteiger partial charge in [0.05, 0.1) is 13.2 Å². The van der Waals surface area contributed by atoms with Crippen LogP contribution in [0.25, 0.3) is 11.1 Å². The summed E-state index contributed by atoms with van der Waals surface area (Å²) in [5.74, 6) is 0.868. The smallest absolute Gasteiger partial charge is 0.341 e. The van der Waals surface area contributed by atoms with E-state index in [1.807, 2.05) is 60.8 Å². The van der Waals surface area contributed by atoms with Gasteiger partial charge in [0.2, 0.25) is 0 Å². The van der Waals surface area contributed by atoms with Gasteiger partial charge in [0.1, 0.15) is 22.1 Å². The number of rotatable bonds is 10. The molecule has 3 rings (SSSR count). The van der Waals surface area contributed by atoms with E-state index in [1.165, 1.54) is 11.3 Å². The molecule has 0 saturated carbocycles. The maximum absolute atomic E-state index is 12.7. The summed E-state index contributed by atoms with van der Waals surface area (Å²) in [4.78, 5) is 25.4. The zero-order valence-electron chi connectivity index (χ0n) is 19.3. The Labute approximate surface area is 198 Å². The lowest BCUT2D eigenvalue weighted by Gasteiger charge is -2.14. The van der Waals surface area contributed by atoms with E-state index in [1.54, 1.807) is 6.92 Å². The third-order valence-electron chi connectivity index (χ3n) is 4.90. The van der Waals surface area contributed by atoms with Crippen molar-refractivity contribution in [2.45, 2.75) is 33.6 Å². The van der Waals surface area contributed by atoms with Gasteiger partial charge >= 0.3 is 5.97 Å². The number of nitrogens with one attached hydrogen (secondary N) is 1. The van der Waals surface area contributed by atoms with Crippen molar-refractivity contribution in [2.24, 2.45) is 0 Å². The first-order valence-electron chi connectivity index (χ1n) is 11.0. The SMILES string of the molecule is CCOC(=O)c1c(-c2ccc(OCC)cc2)csc1NC(=O)COc1ccccc1C(C)C. The molecule has 6 nitrogen and oxygen atoms in total. The molecule has 1 heterocycles. The second-order valence-corrected chi connectivity index (χ2v) is 8.44. The maximum atomic E-state index is 12.7. The Hall–Kier alpha value is -3.32. The topological polar surface area (TPSA) is 73.9 Å². The molecule has 3 aromatic rings. The lowest BCUT2D eigenvalue weighted by molar-refractivity contribution is -0.118. The zero-order chi connectivity index (χ0) is 23.8. The molecule has 0 aliphatic rings. The molecular weight excluding hydrogens is 438 g/mol. The molecule has 174 valence electrons. The van der Waals surface area contributed by atoms with E-state index in [0.717, 1.165) is 16.9 Å². The summed E-state index contributed by atoms with van der Waals surface area (Å²) in [6, 6.07) is 15.1. The third kappa shape index (κ3) is 6.14. The fourth-order valence-electron chi connectivity index (χ4n) is 3.36. The number of benzene rings is 2. The summed E-state index contributed by atoms with van der Waals surface area (Å²) in [5.41, 5.74) is 2.90. The van der Waals surface area contributed by atoms with E-state index in [2.05, 4.69) is 19.2 Å². The average molecular weight is 468 g/mol. The van der Waals surface area contributed by atoms with Gasteiger partial charge in [-0.05, 0) is 49.1 Å². The molecule has 1 amide bonds. The van der Waals surface area contributed by atoms with Gasteiger partial charge in [0, 0.05) is 10.9 Å². The number of carbonyl (C=O) groups is 2. The lowest BCUT2D eigenvalue weighted by atomic mass is 10.0. The third-order valence-corrected chi connectivity index (χ3v) is 5.80. The molecule has 0 saturated heterocycles. The minimum atomic E-state index is -0.482. The molecule has 0 unspecified atom stereocenters. The molecule has 0 fully saturated rings. The van der Waals surface area contributed by atoms with Crippen molar-refractivity contribution in [1.82, 2.24) is 0 Å². The fourth-order valence-corrected chi connectivity index (χ4v) is 4.33. The summed E-state index contributed by atoms with van der Waals surface area (Å²) in [5, 5.41) is 5.09. The Bertz CT molecular complexity index is 1090. The Morgan fingerprint density at radius 1 is 0.970 bits per heavy atom. The van der Waals surface area contributed by atoms with Crippen LogP contribution >= 0.6 is 11.3 Å². The molecule has 33 heavy (non-hydrogen) atoms. The number of hydrogen-bond acceptors (Lipinski definition) is 6. The van der Waals surface area contributed by atoms with Crippen molar-refractivity contribution in [1.29, 1.82) is 0 Å². The van der Waals surface area contributed by atoms with Crippen molar-refractivity contribution < 1.29 is 23.8 Å². The van der Waals surface area contributed by atoms with Crippen molar-refractivity contribution in [3.05, 3.63) is 65.0 Å². The second kappa shape index (κ2) is 11.5. The van der Waals surface area contributed by atoms with Gasteiger partial charge < -0.3 is 19.5 Å². The number of hydrogen-bond donors (Lipinski definition) is 1. The Kier molecular flexibility index (Phi) is 8.49.